The van der Waals surface area contributed by atoms with Gasteiger partial charge in [-0.15, -0.1) is 0 Å². The smallest absolute Gasteiger partial charge is 0.411 e. The number of rotatable bonds is 5. The van der Waals surface area contributed by atoms with Crippen molar-refractivity contribution in [3.8, 4) is 0 Å². The van der Waals surface area contributed by atoms with E-state index in [2.05, 4.69) is 36.0 Å². The van der Waals surface area contributed by atoms with E-state index in [9.17, 15) is 4.79 Å². The Bertz CT molecular complexity index is 461. The molecule has 0 aliphatic heterocycles. The summed E-state index contributed by atoms with van der Waals surface area (Å²) in [6, 6.07) is 7.53. The summed E-state index contributed by atoms with van der Waals surface area (Å²) >= 11 is 0. The number of carbonyl (C=O) groups is 1. The van der Waals surface area contributed by atoms with Crippen molar-refractivity contribution in [3.05, 3.63) is 24.3 Å². The largest absolute Gasteiger partial charge is 0.450 e. The van der Waals surface area contributed by atoms with Crippen LogP contribution in [0.15, 0.2) is 24.3 Å². The molecule has 5 heteroatoms. The normalized spacial score (nSPS) is 9.80. The van der Waals surface area contributed by atoms with Gasteiger partial charge in [0.2, 0.25) is 5.84 Å². The first kappa shape index (κ1) is 16.0. The second-order valence-electron chi connectivity index (χ2n) is 4.31. The molecule has 0 fully saturated rings. The fourth-order valence-electron chi connectivity index (χ4n) is 1.91. The standard InChI is InChI=1S/C15H23N3O2/c1-5-18(6-2)12(4)16-13-8-10-14(11-9-13)17-15(19)20-7-3/h8-11H,5-7H2,1-4H3,(H,17,19)/p+1. The minimum absolute atomic E-state index is 0.365. The Kier molecular flexibility index (Phi) is 6.56. The third-order valence-electron chi connectivity index (χ3n) is 2.97. The maximum atomic E-state index is 11.3. The van der Waals surface area contributed by atoms with Gasteiger partial charge in [-0.2, -0.15) is 0 Å². The van der Waals surface area contributed by atoms with Crippen molar-refractivity contribution in [2.75, 3.05) is 30.3 Å². The molecule has 0 spiro atoms. The molecule has 110 valence electrons. The SMILES string of the molecule is CCOC(=O)Nc1ccc(NC(C)=[N+](CC)CC)cc1. The highest BCUT2D eigenvalue weighted by Crippen LogP contribution is 2.13. The predicted molar refractivity (Wildman–Crippen MR) is 82.7 cm³/mol. The van der Waals surface area contributed by atoms with Crippen LogP contribution in [0.2, 0.25) is 0 Å². The summed E-state index contributed by atoms with van der Waals surface area (Å²) in [5.41, 5.74) is 1.71. The molecule has 0 aliphatic carbocycles. The summed E-state index contributed by atoms with van der Waals surface area (Å²) in [6.45, 7) is 10.4. The van der Waals surface area contributed by atoms with Gasteiger partial charge < -0.3 is 4.74 Å². The third kappa shape index (κ3) is 4.91. The van der Waals surface area contributed by atoms with E-state index >= 15 is 0 Å². The first-order valence-electron chi connectivity index (χ1n) is 7.00. The summed E-state index contributed by atoms with van der Waals surface area (Å²) < 4.78 is 7.07. The summed E-state index contributed by atoms with van der Waals surface area (Å²) in [6.07, 6.45) is -0.431. The molecule has 0 heterocycles. The zero-order valence-electron chi connectivity index (χ0n) is 12.7. The first-order valence-corrected chi connectivity index (χ1v) is 7.00. The molecule has 1 amide bonds. The van der Waals surface area contributed by atoms with E-state index in [0.29, 0.717) is 6.61 Å². The van der Waals surface area contributed by atoms with Crippen molar-refractivity contribution >= 4 is 23.3 Å². The molecule has 0 bridgehead atoms. The lowest BCUT2D eigenvalue weighted by molar-refractivity contribution is -0.521. The van der Waals surface area contributed by atoms with Crippen LogP contribution in [0.1, 0.15) is 27.7 Å². The van der Waals surface area contributed by atoms with Crippen molar-refractivity contribution in [2.24, 2.45) is 0 Å². The predicted octanol–water partition coefficient (Wildman–Crippen LogP) is 3.14. The molecule has 1 aromatic carbocycles. The van der Waals surface area contributed by atoms with Crippen LogP contribution in [-0.2, 0) is 4.74 Å². The zero-order valence-corrected chi connectivity index (χ0v) is 12.7. The third-order valence-corrected chi connectivity index (χ3v) is 2.97. The molecule has 0 unspecified atom stereocenters. The van der Waals surface area contributed by atoms with E-state index in [1.54, 1.807) is 6.92 Å². The van der Waals surface area contributed by atoms with Crippen LogP contribution in [0.25, 0.3) is 0 Å². The van der Waals surface area contributed by atoms with Gasteiger partial charge in [0.05, 0.1) is 19.7 Å². The van der Waals surface area contributed by atoms with E-state index in [0.717, 1.165) is 30.3 Å². The van der Waals surface area contributed by atoms with Gasteiger partial charge in [-0.1, -0.05) is 0 Å². The molecule has 5 nitrogen and oxygen atoms in total. The quantitative estimate of drug-likeness (QED) is 0.494. The maximum Gasteiger partial charge on any atom is 0.411 e. The molecular formula is C15H24N3O2+. The number of nitrogens with zero attached hydrogens (tertiary/aromatic N) is 1. The number of hydrogen-bond donors (Lipinski definition) is 2. The van der Waals surface area contributed by atoms with Gasteiger partial charge >= 0.3 is 6.09 Å². The summed E-state index contributed by atoms with van der Waals surface area (Å²) in [7, 11) is 0. The van der Waals surface area contributed by atoms with Gasteiger partial charge in [-0.25, -0.2) is 10.1 Å². The number of benzene rings is 1. The highest BCUT2D eigenvalue weighted by atomic mass is 16.5. The number of amidine groups is 1. The average molecular weight is 278 g/mol. The van der Waals surface area contributed by atoms with Gasteiger partial charge in [-0.3, -0.25) is 9.89 Å². The number of anilines is 2. The Balaban J connectivity index is 2.67. The van der Waals surface area contributed by atoms with Crippen molar-refractivity contribution < 1.29 is 14.1 Å². The Hall–Kier alpha value is -2.04. The van der Waals surface area contributed by atoms with Crippen LogP contribution < -0.4 is 10.6 Å². The first-order chi connectivity index (χ1) is 9.60. The van der Waals surface area contributed by atoms with E-state index in [4.69, 9.17) is 4.74 Å². The lowest BCUT2D eigenvalue weighted by atomic mass is 10.3. The topological polar surface area (TPSA) is 53.4 Å². The molecule has 0 saturated carbocycles. The molecule has 0 aliphatic rings. The number of hydrogen-bond acceptors (Lipinski definition) is 2. The number of amides is 1. The number of nitrogens with one attached hydrogen (secondary N) is 2. The Morgan fingerprint density at radius 2 is 1.55 bits per heavy atom. The average Bonchev–Trinajstić information content (AvgIpc) is 2.42. The van der Waals surface area contributed by atoms with Crippen molar-refractivity contribution in [1.29, 1.82) is 0 Å². The van der Waals surface area contributed by atoms with E-state index in [1.807, 2.05) is 24.3 Å². The molecule has 2 N–H and O–H groups in total. The van der Waals surface area contributed by atoms with E-state index in [-0.39, 0.29) is 0 Å². The Morgan fingerprint density at radius 3 is 2.00 bits per heavy atom. The highest BCUT2D eigenvalue weighted by Gasteiger charge is 2.07. The summed E-state index contributed by atoms with van der Waals surface area (Å²) in [5.74, 6) is 1.11. The van der Waals surface area contributed by atoms with Gasteiger partial charge in [0.25, 0.3) is 0 Å². The fourth-order valence-corrected chi connectivity index (χ4v) is 1.91. The number of carbonyl (C=O) groups excluding carboxylic acids is 1. The minimum Gasteiger partial charge on any atom is -0.450 e. The minimum atomic E-state index is -0.431. The Morgan fingerprint density at radius 1 is 1.05 bits per heavy atom. The lowest BCUT2D eigenvalue weighted by Crippen LogP contribution is -2.25. The van der Waals surface area contributed by atoms with Gasteiger partial charge in [-0.05, 0) is 45.0 Å². The van der Waals surface area contributed by atoms with Gasteiger partial charge in [0.15, 0.2) is 0 Å². The lowest BCUT2D eigenvalue weighted by Gasteiger charge is -2.08. The molecule has 0 atom stereocenters. The van der Waals surface area contributed by atoms with Gasteiger partial charge in [0, 0.05) is 12.6 Å². The second-order valence-corrected chi connectivity index (χ2v) is 4.31. The van der Waals surface area contributed by atoms with Crippen LogP contribution >= 0.6 is 0 Å². The zero-order chi connectivity index (χ0) is 15.0. The van der Waals surface area contributed by atoms with Crippen LogP contribution in [0.3, 0.4) is 0 Å². The van der Waals surface area contributed by atoms with Crippen LogP contribution in [0.4, 0.5) is 16.2 Å². The summed E-state index contributed by atoms with van der Waals surface area (Å²) in [4.78, 5) is 11.3. The fraction of sp³-hybridized carbons (Fsp3) is 0.467. The molecule has 0 radical (unpaired) electrons. The summed E-state index contributed by atoms with van der Waals surface area (Å²) in [5, 5.41) is 6.01. The second kappa shape index (κ2) is 8.19. The van der Waals surface area contributed by atoms with Crippen molar-refractivity contribution in [1.82, 2.24) is 0 Å². The maximum absolute atomic E-state index is 11.3. The van der Waals surface area contributed by atoms with Crippen LogP contribution in [0.5, 0.6) is 0 Å². The molecule has 1 rings (SSSR count). The molecule has 1 aromatic rings. The highest BCUT2D eigenvalue weighted by molar-refractivity contribution is 5.90. The van der Waals surface area contributed by atoms with Gasteiger partial charge in [0.1, 0.15) is 5.69 Å². The van der Waals surface area contributed by atoms with E-state index < -0.39 is 6.09 Å². The monoisotopic (exact) mass is 278 g/mol. The molecular weight excluding hydrogens is 254 g/mol. The van der Waals surface area contributed by atoms with Crippen LogP contribution in [-0.4, -0.2) is 36.2 Å². The number of ether oxygens (including phenoxy) is 1. The van der Waals surface area contributed by atoms with Crippen molar-refractivity contribution in [2.45, 2.75) is 27.7 Å². The molecule has 20 heavy (non-hydrogen) atoms. The van der Waals surface area contributed by atoms with Crippen LogP contribution in [0, 0.1) is 0 Å². The van der Waals surface area contributed by atoms with E-state index in [1.165, 1.54) is 0 Å². The molecule has 0 saturated heterocycles. The van der Waals surface area contributed by atoms with Crippen molar-refractivity contribution in [3.63, 3.8) is 0 Å². The Labute approximate surface area is 120 Å². The molecule has 0 aromatic heterocycles.